The summed E-state index contributed by atoms with van der Waals surface area (Å²) in [7, 11) is 3.38. The van der Waals surface area contributed by atoms with Crippen molar-refractivity contribution in [3.8, 4) is 5.75 Å². The average Bonchev–Trinajstić information content (AvgIpc) is 2.73. The van der Waals surface area contributed by atoms with Crippen LogP contribution in [0.1, 0.15) is 37.0 Å². The average molecular weight is 383 g/mol. The molecule has 2 amide bonds. The van der Waals surface area contributed by atoms with Gasteiger partial charge >= 0.3 is 6.03 Å². The first-order chi connectivity index (χ1) is 13.4. The number of urea groups is 1. The van der Waals surface area contributed by atoms with Crippen molar-refractivity contribution < 1.29 is 14.3 Å². The number of rotatable bonds is 6. The van der Waals surface area contributed by atoms with Gasteiger partial charge in [0.25, 0.3) is 0 Å². The summed E-state index contributed by atoms with van der Waals surface area (Å²) in [6.07, 6.45) is 7.03. The highest BCUT2D eigenvalue weighted by Gasteiger charge is 2.29. The fourth-order valence-corrected chi connectivity index (χ4v) is 3.28. The number of Topliss-reactive ketones (excluding diaryl/α,β-unsaturated/α-hetero) is 1. The lowest BCUT2D eigenvalue weighted by atomic mass is 9.89. The summed E-state index contributed by atoms with van der Waals surface area (Å²) in [6, 6.07) is 7.17. The standard InChI is InChI=1S/C23H30N2O3/c1-6-20(10-7-17(2)3)24(4)23(27)25-15-13-19(14-16-25)22(26)18-8-11-21(28-5)12-9-18/h6-12,19H,2,13-16H2,1,3-5H3/b10-7-,20-6+. The van der Waals surface area contributed by atoms with Crippen molar-refractivity contribution in [3.05, 3.63) is 65.9 Å². The van der Waals surface area contributed by atoms with Crippen molar-refractivity contribution >= 4 is 11.8 Å². The number of allylic oxidation sites excluding steroid dienone is 4. The second-order valence-corrected chi connectivity index (χ2v) is 7.09. The Labute approximate surface area is 168 Å². The van der Waals surface area contributed by atoms with E-state index in [0.29, 0.717) is 31.5 Å². The number of ketones is 1. The first-order valence-electron chi connectivity index (χ1n) is 9.58. The van der Waals surface area contributed by atoms with Gasteiger partial charge in [-0.2, -0.15) is 0 Å². The summed E-state index contributed by atoms with van der Waals surface area (Å²) in [5.74, 6) is 0.828. The third kappa shape index (κ3) is 5.35. The summed E-state index contributed by atoms with van der Waals surface area (Å²) in [5.41, 5.74) is 2.45. The Morgan fingerprint density at radius 1 is 1.18 bits per heavy atom. The number of hydrogen-bond donors (Lipinski definition) is 0. The van der Waals surface area contributed by atoms with Crippen LogP contribution in [0.5, 0.6) is 5.75 Å². The summed E-state index contributed by atoms with van der Waals surface area (Å²) < 4.78 is 5.14. The molecule has 2 rings (SSSR count). The van der Waals surface area contributed by atoms with Crippen molar-refractivity contribution in [2.75, 3.05) is 27.2 Å². The van der Waals surface area contributed by atoms with Crippen LogP contribution in [0.2, 0.25) is 0 Å². The van der Waals surface area contributed by atoms with E-state index in [1.54, 1.807) is 43.3 Å². The monoisotopic (exact) mass is 382 g/mol. The number of piperidine rings is 1. The molecule has 28 heavy (non-hydrogen) atoms. The van der Waals surface area contributed by atoms with Crippen LogP contribution in [0.25, 0.3) is 0 Å². The van der Waals surface area contributed by atoms with Crippen LogP contribution < -0.4 is 4.74 Å². The predicted molar refractivity (Wildman–Crippen MR) is 112 cm³/mol. The Morgan fingerprint density at radius 3 is 2.29 bits per heavy atom. The summed E-state index contributed by atoms with van der Waals surface area (Å²) >= 11 is 0. The number of likely N-dealkylation sites (N-methyl/N-ethyl adjacent to an activating group) is 1. The van der Waals surface area contributed by atoms with Gasteiger partial charge in [-0.25, -0.2) is 4.79 Å². The van der Waals surface area contributed by atoms with E-state index in [9.17, 15) is 9.59 Å². The summed E-state index contributed by atoms with van der Waals surface area (Å²) in [5, 5.41) is 0. The summed E-state index contributed by atoms with van der Waals surface area (Å²) in [6.45, 7) is 8.83. The maximum Gasteiger partial charge on any atom is 0.324 e. The maximum atomic E-state index is 12.8. The highest BCUT2D eigenvalue weighted by atomic mass is 16.5. The van der Waals surface area contributed by atoms with Crippen molar-refractivity contribution in [2.45, 2.75) is 26.7 Å². The van der Waals surface area contributed by atoms with Gasteiger partial charge in [-0.1, -0.05) is 24.3 Å². The van der Waals surface area contributed by atoms with Crippen LogP contribution in [0.3, 0.4) is 0 Å². The van der Waals surface area contributed by atoms with Gasteiger partial charge in [-0.3, -0.25) is 9.69 Å². The number of likely N-dealkylation sites (tertiary alicyclic amines) is 1. The van der Waals surface area contributed by atoms with E-state index in [4.69, 9.17) is 4.74 Å². The van der Waals surface area contributed by atoms with E-state index in [1.807, 2.05) is 37.0 Å². The lowest BCUT2D eigenvalue weighted by Crippen LogP contribution is -2.45. The molecule has 0 atom stereocenters. The fraction of sp³-hybridized carbons (Fsp3) is 0.391. The van der Waals surface area contributed by atoms with Gasteiger partial charge in [-0.15, -0.1) is 0 Å². The van der Waals surface area contributed by atoms with E-state index >= 15 is 0 Å². The van der Waals surface area contributed by atoms with Crippen LogP contribution >= 0.6 is 0 Å². The van der Waals surface area contributed by atoms with Gasteiger partial charge in [0.2, 0.25) is 0 Å². The SMILES string of the molecule is C=C(C)/C=C\C(=C/C)N(C)C(=O)N1CCC(C(=O)c2ccc(OC)cc2)CC1. The number of methoxy groups -OCH3 is 1. The molecule has 0 radical (unpaired) electrons. The molecule has 0 saturated carbocycles. The van der Waals surface area contributed by atoms with Crippen LogP contribution in [0.15, 0.2) is 60.3 Å². The van der Waals surface area contributed by atoms with Crippen molar-refractivity contribution in [1.82, 2.24) is 9.80 Å². The van der Waals surface area contributed by atoms with Crippen LogP contribution in [0, 0.1) is 5.92 Å². The molecular formula is C23H30N2O3. The van der Waals surface area contributed by atoms with Gasteiger partial charge in [0.05, 0.1) is 7.11 Å². The third-order valence-corrected chi connectivity index (χ3v) is 5.02. The molecule has 1 aliphatic heterocycles. The lowest BCUT2D eigenvalue weighted by Gasteiger charge is -2.34. The van der Waals surface area contributed by atoms with Crippen LogP contribution in [-0.4, -0.2) is 48.9 Å². The Kier molecular flexibility index (Phi) is 7.61. The third-order valence-electron chi connectivity index (χ3n) is 5.02. The Hall–Kier alpha value is -2.82. The normalized spacial score (nSPS) is 15.6. The molecule has 150 valence electrons. The molecule has 1 heterocycles. The molecule has 1 aromatic carbocycles. The van der Waals surface area contributed by atoms with Gasteiger partial charge in [-0.05, 0) is 57.0 Å². The number of hydrogen-bond acceptors (Lipinski definition) is 3. The number of benzene rings is 1. The Bertz CT molecular complexity index is 770. The topological polar surface area (TPSA) is 49.9 Å². The zero-order chi connectivity index (χ0) is 20.7. The number of carbonyl (C=O) groups excluding carboxylic acids is 2. The summed E-state index contributed by atoms with van der Waals surface area (Å²) in [4.78, 5) is 29.0. The first kappa shape index (κ1) is 21.5. The minimum atomic E-state index is -0.0488. The molecule has 0 N–H and O–H groups in total. The van der Waals surface area contributed by atoms with Gasteiger partial charge in [0, 0.05) is 37.3 Å². The van der Waals surface area contributed by atoms with Crippen LogP contribution in [-0.2, 0) is 0 Å². The zero-order valence-electron chi connectivity index (χ0n) is 17.3. The molecule has 0 spiro atoms. The second kappa shape index (κ2) is 9.93. The fourth-order valence-electron chi connectivity index (χ4n) is 3.28. The Balaban J connectivity index is 1.95. The molecule has 1 aromatic rings. The van der Waals surface area contributed by atoms with Gasteiger partial charge in [0.1, 0.15) is 5.75 Å². The number of amides is 2. The molecular weight excluding hydrogens is 352 g/mol. The quantitative estimate of drug-likeness (QED) is 0.530. The smallest absolute Gasteiger partial charge is 0.324 e. The number of nitrogens with zero attached hydrogens (tertiary/aromatic N) is 2. The van der Waals surface area contributed by atoms with Crippen molar-refractivity contribution in [2.24, 2.45) is 5.92 Å². The predicted octanol–water partition coefficient (Wildman–Crippen LogP) is 4.68. The second-order valence-electron chi connectivity index (χ2n) is 7.09. The van der Waals surface area contributed by atoms with Crippen molar-refractivity contribution in [3.63, 3.8) is 0 Å². The molecule has 1 fully saturated rings. The van der Waals surface area contributed by atoms with E-state index in [2.05, 4.69) is 6.58 Å². The Morgan fingerprint density at radius 2 is 1.79 bits per heavy atom. The number of ether oxygens (including phenoxy) is 1. The van der Waals surface area contributed by atoms with E-state index in [0.717, 1.165) is 17.0 Å². The maximum absolute atomic E-state index is 12.8. The molecule has 1 aliphatic rings. The minimum absolute atomic E-state index is 0.0465. The van der Waals surface area contributed by atoms with E-state index in [-0.39, 0.29) is 17.7 Å². The molecule has 0 aliphatic carbocycles. The van der Waals surface area contributed by atoms with E-state index < -0.39 is 0 Å². The molecule has 1 saturated heterocycles. The molecule has 0 aromatic heterocycles. The molecule has 5 nitrogen and oxygen atoms in total. The van der Waals surface area contributed by atoms with Gasteiger partial charge < -0.3 is 9.64 Å². The highest BCUT2D eigenvalue weighted by molar-refractivity contribution is 5.98. The molecule has 0 bridgehead atoms. The van der Waals surface area contributed by atoms with Crippen LogP contribution in [0.4, 0.5) is 4.79 Å². The highest BCUT2D eigenvalue weighted by Crippen LogP contribution is 2.24. The number of carbonyl (C=O) groups is 2. The molecule has 0 unspecified atom stereocenters. The van der Waals surface area contributed by atoms with Gasteiger partial charge in [0.15, 0.2) is 5.78 Å². The van der Waals surface area contributed by atoms with E-state index in [1.165, 1.54) is 0 Å². The minimum Gasteiger partial charge on any atom is -0.497 e. The zero-order valence-corrected chi connectivity index (χ0v) is 17.3. The largest absolute Gasteiger partial charge is 0.497 e. The molecule has 5 heteroatoms. The first-order valence-corrected chi connectivity index (χ1v) is 9.58. The lowest BCUT2D eigenvalue weighted by molar-refractivity contribution is 0.0844. The van der Waals surface area contributed by atoms with Crippen molar-refractivity contribution in [1.29, 1.82) is 0 Å².